The molecule has 1 spiro atoms. The van der Waals surface area contributed by atoms with Crippen molar-refractivity contribution in [2.24, 2.45) is 5.41 Å². The van der Waals surface area contributed by atoms with Gasteiger partial charge in [0.15, 0.2) is 0 Å². The fraction of sp³-hybridized carbons (Fsp3) is 0.556. The first-order valence-corrected chi connectivity index (χ1v) is 8.96. The van der Waals surface area contributed by atoms with E-state index < -0.39 is 0 Å². The van der Waals surface area contributed by atoms with Crippen molar-refractivity contribution in [2.45, 2.75) is 38.8 Å². The molecule has 128 valence electrons. The van der Waals surface area contributed by atoms with Crippen LogP contribution >= 0.6 is 11.6 Å². The van der Waals surface area contributed by atoms with Crippen LogP contribution in [-0.2, 0) is 11.3 Å². The number of hydrogen-bond donors (Lipinski definition) is 0. The van der Waals surface area contributed by atoms with Crippen molar-refractivity contribution in [1.82, 2.24) is 15.0 Å². The van der Waals surface area contributed by atoms with Crippen molar-refractivity contribution in [2.75, 3.05) is 19.7 Å². The van der Waals surface area contributed by atoms with E-state index >= 15 is 0 Å². The predicted octanol–water partition coefficient (Wildman–Crippen LogP) is 3.78. The Morgan fingerprint density at radius 1 is 1.42 bits per heavy atom. The van der Waals surface area contributed by atoms with E-state index in [1.54, 1.807) is 0 Å². The zero-order valence-electron chi connectivity index (χ0n) is 13.9. The summed E-state index contributed by atoms with van der Waals surface area (Å²) in [6.07, 6.45) is 4.09. The van der Waals surface area contributed by atoms with Gasteiger partial charge in [-0.05, 0) is 50.3 Å². The molecule has 1 saturated heterocycles. The van der Waals surface area contributed by atoms with Crippen LogP contribution in [0.2, 0.25) is 5.02 Å². The molecule has 0 unspecified atom stereocenters. The van der Waals surface area contributed by atoms with Gasteiger partial charge in [0.1, 0.15) is 0 Å². The van der Waals surface area contributed by atoms with Gasteiger partial charge in [0.2, 0.25) is 11.7 Å². The highest BCUT2D eigenvalue weighted by Crippen LogP contribution is 2.49. The zero-order valence-corrected chi connectivity index (χ0v) is 14.6. The summed E-state index contributed by atoms with van der Waals surface area (Å²) in [4.78, 5) is 6.93. The third-order valence-electron chi connectivity index (χ3n) is 5.15. The highest BCUT2D eigenvalue weighted by molar-refractivity contribution is 6.30. The lowest BCUT2D eigenvalue weighted by Gasteiger charge is -2.44. The minimum Gasteiger partial charge on any atom is -0.378 e. The van der Waals surface area contributed by atoms with Crippen LogP contribution in [0.3, 0.4) is 0 Å². The Balaban J connectivity index is 1.36. The summed E-state index contributed by atoms with van der Waals surface area (Å²) in [7, 11) is 0. The van der Waals surface area contributed by atoms with Crippen molar-refractivity contribution in [3.63, 3.8) is 0 Å². The fourth-order valence-corrected chi connectivity index (χ4v) is 4.20. The Kier molecular flexibility index (Phi) is 4.33. The molecule has 0 amide bonds. The summed E-state index contributed by atoms with van der Waals surface area (Å²) in [5.41, 5.74) is 1.34. The van der Waals surface area contributed by atoms with E-state index in [9.17, 15) is 0 Å². The highest BCUT2D eigenvalue weighted by Gasteiger charge is 2.48. The van der Waals surface area contributed by atoms with Crippen LogP contribution in [-0.4, -0.2) is 40.8 Å². The first-order valence-electron chi connectivity index (χ1n) is 8.58. The number of hydrogen-bond acceptors (Lipinski definition) is 5. The van der Waals surface area contributed by atoms with Gasteiger partial charge in [-0.3, -0.25) is 4.90 Å². The lowest BCUT2D eigenvalue weighted by Crippen LogP contribution is -2.44. The average Bonchev–Trinajstić information content (AvgIpc) is 3.15. The van der Waals surface area contributed by atoms with Gasteiger partial charge >= 0.3 is 0 Å². The van der Waals surface area contributed by atoms with Crippen LogP contribution in [0.15, 0.2) is 28.8 Å². The number of rotatable bonds is 5. The Morgan fingerprint density at radius 2 is 2.29 bits per heavy atom. The van der Waals surface area contributed by atoms with E-state index in [2.05, 4.69) is 22.0 Å². The molecule has 4 rings (SSSR count). The van der Waals surface area contributed by atoms with Crippen LogP contribution in [0, 0.1) is 5.41 Å². The number of ether oxygens (including phenoxy) is 1. The smallest absolute Gasteiger partial charge is 0.241 e. The van der Waals surface area contributed by atoms with Crippen molar-refractivity contribution < 1.29 is 9.26 Å². The summed E-state index contributed by atoms with van der Waals surface area (Å²) >= 11 is 6.02. The van der Waals surface area contributed by atoms with Gasteiger partial charge in [0.05, 0.1) is 12.6 Å². The van der Waals surface area contributed by atoms with E-state index in [0.717, 1.165) is 25.3 Å². The van der Waals surface area contributed by atoms with Crippen LogP contribution < -0.4 is 0 Å². The third kappa shape index (κ3) is 3.21. The van der Waals surface area contributed by atoms with Crippen LogP contribution in [0.25, 0.3) is 11.4 Å². The monoisotopic (exact) mass is 347 g/mol. The Bertz CT molecular complexity index is 712. The lowest BCUT2D eigenvalue weighted by molar-refractivity contribution is -0.0720. The van der Waals surface area contributed by atoms with Crippen LogP contribution in [0.1, 0.15) is 32.1 Å². The maximum Gasteiger partial charge on any atom is 0.241 e. The molecule has 2 heterocycles. The Hall–Kier alpha value is -1.43. The molecule has 1 aliphatic carbocycles. The van der Waals surface area contributed by atoms with Crippen molar-refractivity contribution >= 4 is 11.6 Å². The summed E-state index contributed by atoms with van der Waals surface area (Å²) in [6.45, 7) is 5.80. The fourth-order valence-electron chi connectivity index (χ4n) is 4.01. The molecular formula is C18H22ClN3O2. The summed E-state index contributed by atoms with van der Waals surface area (Å²) < 4.78 is 11.1. The SMILES string of the molecule is CCOC1CC2(CCN(Cc3nc(-c4cccc(Cl)c4)no3)C2)C1. The molecular weight excluding hydrogens is 326 g/mol. The molecule has 2 aliphatic rings. The van der Waals surface area contributed by atoms with E-state index in [4.69, 9.17) is 20.9 Å². The van der Waals surface area contributed by atoms with Gasteiger partial charge in [-0.15, -0.1) is 0 Å². The van der Waals surface area contributed by atoms with Gasteiger partial charge in [0.25, 0.3) is 0 Å². The van der Waals surface area contributed by atoms with Crippen LogP contribution in [0.5, 0.6) is 0 Å². The molecule has 2 fully saturated rings. The standard InChI is InChI=1S/C18H22ClN3O2/c1-2-23-15-9-18(10-15)6-7-22(12-18)11-16-20-17(21-24-16)13-4-3-5-14(19)8-13/h3-5,8,15H,2,6-7,9-12H2,1H3. The van der Waals surface area contributed by atoms with Crippen molar-refractivity contribution in [3.05, 3.63) is 35.2 Å². The molecule has 1 aromatic carbocycles. The molecule has 0 radical (unpaired) electrons. The molecule has 0 atom stereocenters. The van der Waals surface area contributed by atoms with Gasteiger partial charge in [-0.1, -0.05) is 28.9 Å². The molecule has 0 bridgehead atoms. The van der Waals surface area contributed by atoms with Crippen molar-refractivity contribution in [1.29, 1.82) is 0 Å². The molecule has 0 N–H and O–H groups in total. The second-order valence-electron chi connectivity index (χ2n) is 6.97. The van der Waals surface area contributed by atoms with Gasteiger partial charge in [-0.2, -0.15) is 4.98 Å². The Morgan fingerprint density at radius 3 is 3.08 bits per heavy atom. The second-order valence-corrected chi connectivity index (χ2v) is 7.40. The minimum absolute atomic E-state index is 0.454. The topological polar surface area (TPSA) is 51.4 Å². The number of likely N-dealkylation sites (tertiary alicyclic amines) is 1. The second kappa shape index (κ2) is 6.47. The van der Waals surface area contributed by atoms with Gasteiger partial charge in [0, 0.05) is 23.7 Å². The number of benzene rings is 1. The summed E-state index contributed by atoms with van der Waals surface area (Å²) in [5, 5.41) is 4.76. The van der Waals surface area contributed by atoms with E-state index in [-0.39, 0.29) is 0 Å². The maximum absolute atomic E-state index is 6.02. The molecule has 6 heteroatoms. The predicted molar refractivity (Wildman–Crippen MR) is 91.7 cm³/mol. The first kappa shape index (κ1) is 16.1. The first-order chi connectivity index (χ1) is 11.7. The number of nitrogens with zero attached hydrogens (tertiary/aromatic N) is 3. The van der Waals surface area contributed by atoms with Gasteiger partial charge in [-0.25, -0.2) is 0 Å². The summed E-state index contributed by atoms with van der Waals surface area (Å²) in [6, 6.07) is 7.52. The van der Waals surface area contributed by atoms with E-state index in [1.165, 1.54) is 19.3 Å². The minimum atomic E-state index is 0.454. The average molecular weight is 348 g/mol. The van der Waals surface area contributed by atoms with E-state index in [0.29, 0.717) is 34.8 Å². The molecule has 2 aromatic rings. The number of halogens is 1. The lowest BCUT2D eigenvalue weighted by atomic mass is 9.66. The summed E-state index contributed by atoms with van der Waals surface area (Å²) in [5.74, 6) is 1.27. The van der Waals surface area contributed by atoms with Gasteiger partial charge < -0.3 is 9.26 Å². The quantitative estimate of drug-likeness (QED) is 0.823. The molecule has 1 aliphatic heterocycles. The largest absolute Gasteiger partial charge is 0.378 e. The normalized spacial score (nSPS) is 26.8. The number of aromatic nitrogens is 2. The molecule has 24 heavy (non-hydrogen) atoms. The molecule has 5 nitrogen and oxygen atoms in total. The van der Waals surface area contributed by atoms with Crippen molar-refractivity contribution in [3.8, 4) is 11.4 Å². The highest BCUT2D eigenvalue weighted by atomic mass is 35.5. The maximum atomic E-state index is 6.02. The third-order valence-corrected chi connectivity index (χ3v) is 5.39. The zero-order chi connectivity index (χ0) is 16.6. The Labute approximate surface area is 146 Å². The van der Waals surface area contributed by atoms with E-state index in [1.807, 2.05) is 24.3 Å². The molecule has 1 saturated carbocycles. The van der Waals surface area contributed by atoms with Crippen LogP contribution in [0.4, 0.5) is 0 Å². The molecule has 1 aromatic heterocycles.